The lowest BCUT2D eigenvalue weighted by molar-refractivity contribution is 0.189. The highest BCUT2D eigenvalue weighted by molar-refractivity contribution is 5.88. The molecule has 4 heterocycles. The molecule has 0 amide bonds. The lowest BCUT2D eigenvalue weighted by atomic mass is 10.3. The van der Waals surface area contributed by atoms with Gasteiger partial charge in [-0.1, -0.05) is 0 Å². The zero-order valence-corrected chi connectivity index (χ0v) is 14.5. The van der Waals surface area contributed by atoms with Crippen LogP contribution in [0, 0.1) is 0 Å². The van der Waals surface area contributed by atoms with Crippen LogP contribution in [-0.4, -0.2) is 53.4 Å². The number of hydrogen-bond acceptors (Lipinski definition) is 7. The van der Waals surface area contributed by atoms with Crippen molar-refractivity contribution in [1.29, 1.82) is 0 Å². The fraction of sp³-hybridized carbons (Fsp3) is 0.312. The third-order valence-corrected chi connectivity index (χ3v) is 3.89. The van der Waals surface area contributed by atoms with Crippen LogP contribution in [0.4, 0.5) is 11.5 Å². The van der Waals surface area contributed by atoms with E-state index in [0.717, 1.165) is 35.2 Å². The Kier molecular flexibility index (Phi) is 4.32. The van der Waals surface area contributed by atoms with E-state index in [1.807, 2.05) is 24.1 Å². The average molecular weight is 353 g/mol. The van der Waals surface area contributed by atoms with Gasteiger partial charge >= 0.3 is 0 Å². The quantitative estimate of drug-likeness (QED) is 0.487. The average Bonchev–Trinajstić information content (AvgIpc) is 3.36. The Balaban J connectivity index is 1.62. The molecule has 0 aliphatic rings. The first-order valence-corrected chi connectivity index (χ1v) is 8.21. The SMILES string of the molecule is COCCCn1cc(Nc2nc(-c3cnn(C)c3)nc3cn[nH]c23)cn1. The molecule has 0 fully saturated rings. The van der Waals surface area contributed by atoms with Gasteiger partial charge in [0.1, 0.15) is 11.0 Å². The van der Waals surface area contributed by atoms with Crippen LogP contribution in [0.5, 0.6) is 0 Å². The summed E-state index contributed by atoms with van der Waals surface area (Å²) >= 11 is 0. The van der Waals surface area contributed by atoms with Gasteiger partial charge in [-0.05, 0) is 6.42 Å². The van der Waals surface area contributed by atoms with Gasteiger partial charge < -0.3 is 10.1 Å². The molecule has 2 N–H and O–H groups in total. The van der Waals surface area contributed by atoms with Gasteiger partial charge in [0.2, 0.25) is 0 Å². The normalized spacial score (nSPS) is 11.3. The number of anilines is 2. The molecule has 26 heavy (non-hydrogen) atoms. The maximum atomic E-state index is 5.07. The Morgan fingerprint density at radius 1 is 1.15 bits per heavy atom. The molecule has 0 spiro atoms. The van der Waals surface area contributed by atoms with E-state index in [9.17, 15) is 0 Å². The van der Waals surface area contributed by atoms with Gasteiger partial charge in [-0.3, -0.25) is 14.5 Å². The van der Waals surface area contributed by atoms with Crippen molar-refractivity contribution in [3.63, 3.8) is 0 Å². The standard InChI is InChI=1S/C16H19N9O/c1-24-9-11(6-18-24)15-21-13-8-17-23-14(13)16(22-15)20-12-7-19-25(10-12)4-3-5-26-2/h6-10H,3-5H2,1-2H3,(H,17,23)(H,20,21,22). The van der Waals surface area contributed by atoms with E-state index in [2.05, 4.69) is 35.7 Å². The van der Waals surface area contributed by atoms with E-state index < -0.39 is 0 Å². The van der Waals surface area contributed by atoms with Crippen LogP contribution >= 0.6 is 0 Å². The summed E-state index contributed by atoms with van der Waals surface area (Å²) in [7, 11) is 3.55. The van der Waals surface area contributed by atoms with E-state index in [0.29, 0.717) is 18.2 Å². The highest BCUT2D eigenvalue weighted by Gasteiger charge is 2.13. The number of methoxy groups -OCH3 is 1. The third-order valence-electron chi connectivity index (χ3n) is 3.89. The fourth-order valence-corrected chi connectivity index (χ4v) is 2.65. The second kappa shape index (κ2) is 6.92. The Morgan fingerprint density at radius 3 is 2.88 bits per heavy atom. The van der Waals surface area contributed by atoms with Gasteiger partial charge in [0.25, 0.3) is 0 Å². The van der Waals surface area contributed by atoms with Crippen LogP contribution in [0.2, 0.25) is 0 Å². The number of hydrogen-bond donors (Lipinski definition) is 2. The summed E-state index contributed by atoms with van der Waals surface area (Å²) in [4.78, 5) is 9.18. The molecule has 10 heteroatoms. The Labute approximate surface area is 149 Å². The van der Waals surface area contributed by atoms with E-state index in [-0.39, 0.29) is 0 Å². The number of aryl methyl sites for hydroxylation is 2. The molecule has 10 nitrogen and oxygen atoms in total. The zero-order valence-electron chi connectivity index (χ0n) is 14.5. The van der Waals surface area contributed by atoms with E-state index in [4.69, 9.17) is 4.74 Å². The smallest absolute Gasteiger partial charge is 0.165 e. The van der Waals surface area contributed by atoms with E-state index >= 15 is 0 Å². The first-order valence-electron chi connectivity index (χ1n) is 8.21. The third kappa shape index (κ3) is 3.26. The summed E-state index contributed by atoms with van der Waals surface area (Å²) in [6.07, 6.45) is 9.89. The highest BCUT2D eigenvalue weighted by Crippen LogP contribution is 2.25. The lowest BCUT2D eigenvalue weighted by Gasteiger charge is -2.06. The maximum Gasteiger partial charge on any atom is 0.165 e. The van der Waals surface area contributed by atoms with Crippen molar-refractivity contribution in [3.8, 4) is 11.4 Å². The molecule has 4 aromatic rings. The topological polar surface area (TPSA) is 111 Å². The summed E-state index contributed by atoms with van der Waals surface area (Å²) < 4.78 is 8.66. The molecule has 4 rings (SSSR count). The number of rotatable bonds is 7. The number of fused-ring (bicyclic) bond motifs is 1. The van der Waals surface area contributed by atoms with Gasteiger partial charge in [0.05, 0.1) is 29.8 Å². The minimum Gasteiger partial charge on any atom is -0.385 e. The molecule has 0 saturated carbocycles. The number of aromatic amines is 1. The molecule has 0 aromatic carbocycles. The van der Waals surface area contributed by atoms with Gasteiger partial charge in [-0.2, -0.15) is 15.3 Å². The summed E-state index contributed by atoms with van der Waals surface area (Å²) in [5.74, 6) is 1.23. The molecular formula is C16H19N9O. The predicted molar refractivity (Wildman–Crippen MR) is 95.9 cm³/mol. The van der Waals surface area contributed by atoms with Crippen molar-refractivity contribution in [3.05, 3.63) is 31.0 Å². The number of ether oxygens (including phenoxy) is 1. The highest BCUT2D eigenvalue weighted by atomic mass is 16.5. The minimum absolute atomic E-state index is 0.585. The molecule has 0 aliphatic heterocycles. The van der Waals surface area contributed by atoms with Crippen molar-refractivity contribution in [1.82, 2.24) is 39.7 Å². The van der Waals surface area contributed by atoms with E-state index in [1.165, 1.54) is 0 Å². The van der Waals surface area contributed by atoms with E-state index in [1.54, 1.807) is 30.4 Å². The number of nitrogens with one attached hydrogen (secondary N) is 2. The monoisotopic (exact) mass is 353 g/mol. The molecule has 0 unspecified atom stereocenters. The van der Waals surface area contributed by atoms with Crippen LogP contribution in [0.1, 0.15) is 6.42 Å². The Morgan fingerprint density at radius 2 is 2.08 bits per heavy atom. The van der Waals surface area contributed by atoms with Crippen LogP contribution in [0.25, 0.3) is 22.4 Å². The van der Waals surface area contributed by atoms with Crippen LogP contribution in [-0.2, 0) is 18.3 Å². The second-order valence-electron chi connectivity index (χ2n) is 5.89. The summed E-state index contributed by atoms with van der Waals surface area (Å²) in [5.41, 5.74) is 3.15. The Bertz CT molecular complexity index is 1020. The molecule has 0 atom stereocenters. The summed E-state index contributed by atoms with van der Waals surface area (Å²) in [5, 5.41) is 18.8. The predicted octanol–water partition coefficient (Wildman–Crippen LogP) is 1.73. The van der Waals surface area contributed by atoms with Crippen molar-refractivity contribution >= 4 is 22.5 Å². The van der Waals surface area contributed by atoms with Crippen molar-refractivity contribution in [2.24, 2.45) is 7.05 Å². The fourth-order valence-electron chi connectivity index (χ4n) is 2.65. The Hall–Kier alpha value is -3.27. The molecule has 134 valence electrons. The molecule has 0 radical (unpaired) electrons. The lowest BCUT2D eigenvalue weighted by Crippen LogP contribution is -2.01. The van der Waals surface area contributed by atoms with Gasteiger partial charge in [0.15, 0.2) is 11.6 Å². The molecule has 4 aromatic heterocycles. The van der Waals surface area contributed by atoms with Gasteiger partial charge in [-0.15, -0.1) is 0 Å². The molecule has 0 bridgehead atoms. The van der Waals surface area contributed by atoms with Crippen molar-refractivity contribution in [2.45, 2.75) is 13.0 Å². The van der Waals surface area contributed by atoms with Crippen molar-refractivity contribution < 1.29 is 4.74 Å². The van der Waals surface area contributed by atoms with Gasteiger partial charge in [-0.25, -0.2) is 9.97 Å². The molecule has 0 saturated heterocycles. The number of nitrogens with zero attached hydrogens (tertiary/aromatic N) is 7. The second-order valence-corrected chi connectivity index (χ2v) is 5.89. The number of H-pyrrole nitrogens is 1. The maximum absolute atomic E-state index is 5.07. The van der Waals surface area contributed by atoms with Gasteiger partial charge in [0, 0.05) is 39.7 Å². The summed E-state index contributed by atoms with van der Waals surface area (Å²) in [6, 6.07) is 0. The van der Waals surface area contributed by atoms with Crippen LogP contribution < -0.4 is 5.32 Å². The summed E-state index contributed by atoms with van der Waals surface area (Å²) in [6.45, 7) is 1.50. The largest absolute Gasteiger partial charge is 0.385 e. The first kappa shape index (κ1) is 16.2. The minimum atomic E-state index is 0.585. The molecular weight excluding hydrogens is 334 g/mol. The zero-order chi connectivity index (χ0) is 17.9. The van der Waals surface area contributed by atoms with Crippen molar-refractivity contribution in [2.75, 3.05) is 19.0 Å². The number of aromatic nitrogens is 8. The molecule has 0 aliphatic carbocycles. The van der Waals surface area contributed by atoms with Crippen LogP contribution in [0.15, 0.2) is 31.0 Å². The van der Waals surface area contributed by atoms with Crippen LogP contribution in [0.3, 0.4) is 0 Å². The first-order chi connectivity index (χ1) is 12.7.